The maximum absolute atomic E-state index is 12.2. The summed E-state index contributed by atoms with van der Waals surface area (Å²) in [5, 5.41) is 11.7. The molecule has 1 aromatic carbocycles. The van der Waals surface area contributed by atoms with Crippen LogP contribution in [0.3, 0.4) is 0 Å². The molecule has 6 nitrogen and oxygen atoms in total. The van der Waals surface area contributed by atoms with Crippen molar-refractivity contribution in [2.45, 2.75) is 32.8 Å². The van der Waals surface area contributed by atoms with Crippen LogP contribution in [0.4, 0.5) is 5.69 Å². The zero-order chi connectivity index (χ0) is 16.0. The number of esters is 1. The Hall–Kier alpha value is -2.39. The SMILES string of the molecule is CC[C@](C)(OC)C(=O)Nc1ccc(OC(C)=O)c(C#N)c1. The van der Waals surface area contributed by atoms with E-state index in [1.165, 1.54) is 26.2 Å². The highest BCUT2D eigenvalue weighted by Gasteiger charge is 2.31. The lowest BCUT2D eigenvalue weighted by Gasteiger charge is -2.25. The van der Waals surface area contributed by atoms with Gasteiger partial charge in [0.25, 0.3) is 5.91 Å². The molecule has 6 heteroatoms. The van der Waals surface area contributed by atoms with Gasteiger partial charge in [-0.25, -0.2) is 0 Å². The minimum absolute atomic E-state index is 0.160. The zero-order valence-corrected chi connectivity index (χ0v) is 12.5. The first-order chi connectivity index (χ1) is 9.86. The number of methoxy groups -OCH3 is 1. The van der Waals surface area contributed by atoms with Crippen LogP contribution in [0.15, 0.2) is 18.2 Å². The van der Waals surface area contributed by atoms with Gasteiger partial charge in [-0.3, -0.25) is 9.59 Å². The Morgan fingerprint density at radius 2 is 2.10 bits per heavy atom. The number of carbonyl (C=O) groups is 2. The van der Waals surface area contributed by atoms with E-state index >= 15 is 0 Å². The van der Waals surface area contributed by atoms with E-state index in [0.717, 1.165) is 0 Å². The van der Waals surface area contributed by atoms with Crippen LogP contribution in [0.2, 0.25) is 0 Å². The molecular formula is C15H18N2O4. The predicted octanol–water partition coefficient (Wildman–Crippen LogP) is 2.24. The number of amides is 1. The minimum Gasteiger partial charge on any atom is -0.425 e. The molecule has 0 aliphatic carbocycles. The minimum atomic E-state index is -0.943. The molecule has 21 heavy (non-hydrogen) atoms. The second kappa shape index (κ2) is 6.86. The summed E-state index contributed by atoms with van der Waals surface area (Å²) >= 11 is 0. The van der Waals surface area contributed by atoms with E-state index in [1.54, 1.807) is 13.0 Å². The maximum Gasteiger partial charge on any atom is 0.308 e. The number of anilines is 1. The largest absolute Gasteiger partial charge is 0.425 e. The first kappa shape index (κ1) is 16.7. The third-order valence-corrected chi connectivity index (χ3v) is 3.22. The van der Waals surface area contributed by atoms with E-state index in [4.69, 9.17) is 14.7 Å². The van der Waals surface area contributed by atoms with Gasteiger partial charge >= 0.3 is 5.97 Å². The average molecular weight is 290 g/mol. The second-order valence-electron chi connectivity index (χ2n) is 4.66. The van der Waals surface area contributed by atoms with Crippen LogP contribution in [-0.2, 0) is 14.3 Å². The van der Waals surface area contributed by atoms with E-state index in [2.05, 4.69) is 5.32 Å². The molecular weight excluding hydrogens is 272 g/mol. The van der Waals surface area contributed by atoms with Crippen molar-refractivity contribution in [3.8, 4) is 11.8 Å². The molecule has 0 radical (unpaired) electrons. The summed E-state index contributed by atoms with van der Waals surface area (Å²) in [5.41, 5.74) is -0.343. The second-order valence-corrected chi connectivity index (χ2v) is 4.66. The van der Waals surface area contributed by atoms with Crippen LogP contribution >= 0.6 is 0 Å². The first-order valence-corrected chi connectivity index (χ1v) is 6.45. The van der Waals surface area contributed by atoms with E-state index in [1.807, 2.05) is 13.0 Å². The van der Waals surface area contributed by atoms with Crippen molar-refractivity contribution < 1.29 is 19.1 Å². The van der Waals surface area contributed by atoms with Crippen LogP contribution < -0.4 is 10.1 Å². The Balaban J connectivity index is 2.99. The van der Waals surface area contributed by atoms with Crippen LogP contribution in [0, 0.1) is 11.3 Å². The van der Waals surface area contributed by atoms with E-state index in [-0.39, 0.29) is 17.2 Å². The van der Waals surface area contributed by atoms with Gasteiger partial charge in [-0.2, -0.15) is 5.26 Å². The molecule has 0 saturated heterocycles. The number of hydrogen-bond acceptors (Lipinski definition) is 5. The van der Waals surface area contributed by atoms with Gasteiger partial charge in [0.2, 0.25) is 0 Å². The first-order valence-electron chi connectivity index (χ1n) is 6.45. The van der Waals surface area contributed by atoms with Crippen molar-refractivity contribution in [1.29, 1.82) is 5.26 Å². The van der Waals surface area contributed by atoms with Gasteiger partial charge in [0, 0.05) is 19.7 Å². The molecule has 1 N–H and O–H groups in total. The molecule has 1 amide bonds. The smallest absolute Gasteiger partial charge is 0.308 e. The zero-order valence-electron chi connectivity index (χ0n) is 12.5. The molecule has 0 saturated carbocycles. The number of hydrogen-bond donors (Lipinski definition) is 1. The van der Waals surface area contributed by atoms with E-state index < -0.39 is 11.6 Å². The van der Waals surface area contributed by atoms with Gasteiger partial charge < -0.3 is 14.8 Å². The van der Waals surface area contributed by atoms with Crippen molar-refractivity contribution in [2.75, 3.05) is 12.4 Å². The highest BCUT2D eigenvalue weighted by molar-refractivity contribution is 5.97. The number of rotatable bonds is 5. The summed E-state index contributed by atoms with van der Waals surface area (Å²) in [6.07, 6.45) is 0.506. The van der Waals surface area contributed by atoms with Crippen molar-refractivity contribution in [1.82, 2.24) is 0 Å². The fourth-order valence-electron chi connectivity index (χ4n) is 1.60. The number of nitrogens with zero attached hydrogens (tertiary/aromatic N) is 1. The van der Waals surface area contributed by atoms with Crippen molar-refractivity contribution >= 4 is 17.6 Å². The third-order valence-electron chi connectivity index (χ3n) is 3.22. The summed E-state index contributed by atoms with van der Waals surface area (Å²) in [6.45, 7) is 4.77. The molecule has 0 aliphatic rings. The molecule has 0 fully saturated rings. The van der Waals surface area contributed by atoms with Crippen LogP contribution in [0.25, 0.3) is 0 Å². The molecule has 0 unspecified atom stereocenters. The molecule has 112 valence electrons. The summed E-state index contributed by atoms with van der Waals surface area (Å²) in [4.78, 5) is 23.1. The Labute approximate surface area is 123 Å². The predicted molar refractivity (Wildman–Crippen MR) is 76.8 cm³/mol. The van der Waals surface area contributed by atoms with Gasteiger partial charge in [0.1, 0.15) is 17.4 Å². The van der Waals surface area contributed by atoms with Crippen molar-refractivity contribution in [3.05, 3.63) is 23.8 Å². The lowest BCUT2D eigenvalue weighted by molar-refractivity contribution is -0.136. The van der Waals surface area contributed by atoms with E-state index in [0.29, 0.717) is 12.1 Å². The summed E-state index contributed by atoms with van der Waals surface area (Å²) in [6, 6.07) is 6.39. The third kappa shape index (κ3) is 4.04. The van der Waals surface area contributed by atoms with Gasteiger partial charge in [-0.05, 0) is 31.5 Å². The lowest BCUT2D eigenvalue weighted by atomic mass is 10.0. The quantitative estimate of drug-likeness (QED) is 0.663. The van der Waals surface area contributed by atoms with Gasteiger partial charge in [0.15, 0.2) is 0 Å². The van der Waals surface area contributed by atoms with Crippen LogP contribution in [0.5, 0.6) is 5.75 Å². The fraction of sp³-hybridized carbons (Fsp3) is 0.400. The summed E-state index contributed by atoms with van der Waals surface area (Å²) in [5.74, 6) is -0.661. The normalized spacial score (nSPS) is 12.9. The van der Waals surface area contributed by atoms with E-state index in [9.17, 15) is 9.59 Å². The standard InChI is InChI=1S/C15H18N2O4/c1-5-15(3,20-4)14(19)17-12-6-7-13(21-10(2)18)11(8-12)9-16/h6-8H,5H2,1-4H3,(H,17,19)/t15-/m0/s1. The topological polar surface area (TPSA) is 88.4 Å². The number of nitrogens with one attached hydrogen (secondary N) is 1. The fourth-order valence-corrected chi connectivity index (χ4v) is 1.60. The van der Waals surface area contributed by atoms with Crippen molar-refractivity contribution in [2.24, 2.45) is 0 Å². The average Bonchev–Trinajstić information content (AvgIpc) is 2.47. The summed E-state index contributed by atoms with van der Waals surface area (Å²) < 4.78 is 10.1. The molecule has 1 aromatic rings. The molecule has 0 aromatic heterocycles. The Morgan fingerprint density at radius 1 is 1.43 bits per heavy atom. The van der Waals surface area contributed by atoms with Crippen LogP contribution in [-0.4, -0.2) is 24.6 Å². The molecule has 1 atom stereocenters. The number of ether oxygens (including phenoxy) is 2. The highest BCUT2D eigenvalue weighted by atomic mass is 16.5. The van der Waals surface area contributed by atoms with Gasteiger partial charge in [-0.1, -0.05) is 6.92 Å². The van der Waals surface area contributed by atoms with Crippen LogP contribution in [0.1, 0.15) is 32.8 Å². The Morgan fingerprint density at radius 3 is 2.57 bits per heavy atom. The number of nitriles is 1. The molecule has 0 bridgehead atoms. The number of benzene rings is 1. The Kier molecular flexibility index (Phi) is 5.44. The van der Waals surface area contributed by atoms with Crippen molar-refractivity contribution in [3.63, 3.8) is 0 Å². The molecule has 0 spiro atoms. The molecule has 0 aliphatic heterocycles. The molecule has 1 rings (SSSR count). The monoisotopic (exact) mass is 290 g/mol. The lowest BCUT2D eigenvalue weighted by Crippen LogP contribution is -2.41. The number of carbonyl (C=O) groups excluding carboxylic acids is 2. The summed E-state index contributed by atoms with van der Waals surface area (Å²) in [7, 11) is 1.47. The molecule has 0 heterocycles. The van der Waals surface area contributed by atoms with Gasteiger partial charge in [0.05, 0.1) is 5.56 Å². The Bertz CT molecular complexity index is 586. The highest BCUT2D eigenvalue weighted by Crippen LogP contribution is 2.24. The maximum atomic E-state index is 12.2. The van der Waals surface area contributed by atoms with Gasteiger partial charge in [-0.15, -0.1) is 0 Å².